The Balaban J connectivity index is 3.69. The number of carbonyl (C=O) groups excluding carboxylic acids is 1. The maximum absolute atomic E-state index is 10.9. The van der Waals surface area contributed by atoms with Crippen LogP contribution in [0, 0.1) is 0 Å². The molecular weight excluding hydrogens is 218 g/mol. The second-order valence-electron chi connectivity index (χ2n) is 4.91. The van der Waals surface area contributed by atoms with Gasteiger partial charge < -0.3 is 15.4 Å². The van der Waals surface area contributed by atoms with Crippen LogP contribution in [0.25, 0.3) is 0 Å². The highest BCUT2D eigenvalue weighted by atomic mass is 16.5. The molecule has 0 aliphatic heterocycles. The first-order valence-corrected chi connectivity index (χ1v) is 5.94. The molecule has 0 radical (unpaired) electrons. The van der Waals surface area contributed by atoms with Crippen LogP contribution >= 0.6 is 0 Å². The van der Waals surface area contributed by atoms with Crippen molar-refractivity contribution in [3.05, 3.63) is 0 Å². The lowest BCUT2D eigenvalue weighted by atomic mass is 10.1. The minimum atomic E-state index is -0.151. The lowest BCUT2D eigenvalue weighted by molar-refractivity contribution is -0.140. The molecule has 0 saturated heterocycles. The second kappa shape index (κ2) is 7.92. The number of esters is 1. The van der Waals surface area contributed by atoms with Gasteiger partial charge in [0.1, 0.15) is 0 Å². The molecule has 0 rings (SSSR count). The summed E-state index contributed by atoms with van der Waals surface area (Å²) >= 11 is 0. The summed E-state index contributed by atoms with van der Waals surface area (Å²) in [6, 6.07) is 0. The molecule has 0 bridgehead atoms. The Kier molecular flexibility index (Phi) is 7.34. The van der Waals surface area contributed by atoms with Crippen LogP contribution in [0.5, 0.6) is 0 Å². The summed E-state index contributed by atoms with van der Waals surface area (Å²) in [6.45, 7) is 7.04. The van der Waals surface area contributed by atoms with Gasteiger partial charge in [0.15, 0.2) is 5.96 Å². The molecule has 0 fully saturated rings. The van der Waals surface area contributed by atoms with Crippen LogP contribution < -0.4 is 10.6 Å². The molecule has 0 aromatic rings. The second-order valence-corrected chi connectivity index (χ2v) is 4.91. The van der Waals surface area contributed by atoms with E-state index in [2.05, 4.69) is 41.1 Å². The normalized spacial score (nSPS) is 12.2. The third kappa shape index (κ3) is 9.66. The van der Waals surface area contributed by atoms with E-state index in [0.29, 0.717) is 6.42 Å². The molecule has 0 amide bonds. The third-order valence-electron chi connectivity index (χ3n) is 2.04. The van der Waals surface area contributed by atoms with Crippen LogP contribution in [0.1, 0.15) is 40.0 Å². The van der Waals surface area contributed by atoms with Gasteiger partial charge in [-0.2, -0.15) is 0 Å². The predicted octanol–water partition coefficient (Wildman–Crippen LogP) is 1.29. The van der Waals surface area contributed by atoms with E-state index in [1.54, 1.807) is 7.05 Å². The summed E-state index contributed by atoms with van der Waals surface area (Å²) in [5.74, 6) is 0.637. The summed E-state index contributed by atoms with van der Waals surface area (Å²) < 4.78 is 4.57. The number of hydrogen-bond donors (Lipinski definition) is 2. The summed E-state index contributed by atoms with van der Waals surface area (Å²) in [4.78, 5) is 15.0. The van der Waals surface area contributed by atoms with E-state index in [1.165, 1.54) is 7.11 Å². The van der Waals surface area contributed by atoms with Gasteiger partial charge in [-0.25, -0.2) is 0 Å². The van der Waals surface area contributed by atoms with E-state index in [4.69, 9.17) is 0 Å². The molecule has 0 unspecified atom stereocenters. The van der Waals surface area contributed by atoms with Crippen LogP contribution in [0.15, 0.2) is 4.99 Å². The maximum atomic E-state index is 10.9. The Morgan fingerprint density at radius 3 is 2.41 bits per heavy atom. The Bertz CT molecular complexity index is 257. The zero-order chi connectivity index (χ0) is 13.3. The number of methoxy groups -OCH3 is 1. The first kappa shape index (κ1) is 15.7. The van der Waals surface area contributed by atoms with Crippen LogP contribution in [0.3, 0.4) is 0 Å². The molecule has 0 spiro atoms. The average molecular weight is 243 g/mol. The van der Waals surface area contributed by atoms with Gasteiger partial charge in [-0.3, -0.25) is 9.79 Å². The number of nitrogens with zero attached hydrogens (tertiary/aromatic N) is 1. The molecule has 0 atom stereocenters. The van der Waals surface area contributed by atoms with Crippen LogP contribution in [0.4, 0.5) is 0 Å². The fraction of sp³-hybridized carbons (Fsp3) is 0.833. The van der Waals surface area contributed by atoms with E-state index in [-0.39, 0.29) is 11.5 Å². The monoisotopic (exact) mass is 243 g/mol. The minimum Gasteiger partial charge on any atom is -0.469 e. The number of guanidine groups is 1. The molecule has 0 aliphatic rings. The number of carbonyl (C=O) groups is 1. The number of rotatable bonds is 5. The van der Waals surface area contributed by atoms with Gasteiger partial charge in [-0.05, 0) is 33.6 Å². The SMILES string of the molecule is CN=C(NCCCCC(=O)OC)NC(C)(C)C. The summed E-state index contributed by atoms with van der Waals surface area (Å²) in [5, 5.41) is 6.47. The van der Waals surface area contributed by atoms with Gasteiger partial charge in [0.05, 0.1) is 7.11 Å². The Hall–Kier alpha value is -1.26. The third-order valence-corrected chi connectivity index (χ3v) is 2.04. The highest BCUT2D eigenvalue weighted by molar-refractivity contribution is 5.80. The fourth-order valence-corrected chi connectivity index (χ4v) is 1.24. The molecule has 0 aromatic carbocycles. The molecule has 0 heterocycles. The van der Waals surface area contributed by atoms with E-state index >= 15 is 0 Å². The first-order valence-electron chi connectivity index (χ1n) is 5.94. The van der Waals surface area contributed by atoms with Gasteiger partial charge >= 0.3 is 5.97 Å². The van der Waals surface area contributed by atoms with Gasteiger partial charge in [-0.1, -0.05) is 0 Å². The number of nitrogens with one attached hydrogen (secondary N) is 2. The molecule has 2 N–H and O–H groups in total. The summed E-state index contributed by atoms with van der Waals surface area (Å²) in [6.07, 6.45) is 2.22. The van der Waals surface area contributed by atoms with Crippen molar-refractivity contribution in [2.75, 3.05) is 20.7 Å². The standard InChI is InChI=1S/C12H25N3O2/c1-12(2,3)15-11(13-4)14-9-7-6-8-10(16)17-5/h6-9H2,1-5H3,(H2,13,14,15). The largest absolute Gasteiger partial charge is 0.469 e. The summed E-state index contributed by atoms with van der Waals surface area (Å²) in [5.41, 5.74) is -0.00609. The quantitative estimate of drug-likeness (QED) is 0.330. The van der Waals surface area contributed by atoms with Crippen LogP contribution in [-0.4, -0.2) is 38.2 Å². The topological polar surface area (TPSA) is 62.7 Å². The first-order chi connectivity index (χ1) is 7.89. The van der Waals surface area contributed by atoms with Crippen LogP contribution in [-0.2, 0) is 9.53 Å². The van der Waals surface area contributed by atoms with E-state index in [0.717, 1.165) is 25.3 Å². The molecule has 5 heteroatoms. The Labute approximate surface area is 104 Å². The molecular formula is C12H25N3O2. The van der Waals surface area contributed by atoms with Crippen molar-refractivity contribution in [2.45, 2.75) is 45.6 Å². The average Bonchev–Trinajstić information content (AvgIpc) is 2.25. The van der Waals surface area contributed by atoms with E-state index in [1.807, 2.05) is 0 Å². The highest BCUT2D eigenvalue weighted by Crippen LogP contribution is 1.98. The van der Waals surface area contributed by atoms with Crippen molar-refractivity contribution >= 4 is 11.9 Å². The Morgan fingerprint density at radius 2 is 1.94 bits per heavy atom. The molecule has 5 nitrogen and oxygen atoms in total. The summed E-state index contributed by atoms with van der Waals surface area (Å²) in [7, 11) is 3.16. The van der Waals surface area contributed by atoms with Crippen molar-refractivity contribution in [2.24, 2.45) is 4.99 Å². The van der Waals surface area contributed by atoms with Gasteiger partial charge in [0.25, 0.3) is 0 Å². The van der Waals surface area contributed by atoms with Crippen molar-refractivity contribution in [3.63, 3.8) is 0 Å². The number of unbranched alkanes of at least 4 members (excludes halogenated alkanes) is 1. The van der Waals surface area contributed by atoms with Gasteiger partial charge in [-0.15, -0.1) is 0 Å². The van der Waals surface area contributed by atoms with E-state index < -0.39 is 0 Å². The van der Waals surface area contributed by atoms with Crippen molar-refractivity contribution in [3.8, 4) is 0 Å². The smallest absolute Gasteiger partial charge is 0.305 e. The van der Waals surface area contributed by atoms with Crippen molar-refractivity contribution < 1.29 is 9.53 Å². The number of hydrogen-bond acceptors (Lipinski definition) is 3. The maximum Gasteiger partial charge on any atom is 0.305 e. The highest BCUT2D eigenvalue weighted by Gasteiger charge is 2.11. The molecule has 100 valence electrons. The molecule has 17 heavy (non-hydrogen) atoms. The van der Waals surface area contributed by atoms with Crippen molar-refractivity contribution in [1.29, 1.82) is 0 Å². The molecule has 0 aromatic heterocycles. The zero-order valence-electron chi connectivity index (χ0n) is 11.6. The lowest BCUT2D eigenvalue weighted by Crippen LogP contribution is -2.47. The molecule has 0 aliphatic carbocycles. The lowest BCUT2D eigenvalue weighted by Gasteiger charge is -2.23. The number of aliphatic imine (C=N–C) groups is 1. The van der Waals surface area contributed by atoms with Gasteiger partial charge in [0.2, 0.25) is 0 Å². The predicted molar refractivity (Wildman–Crippen MR) is 70.1 cm³/mol. The fourth-order valence-electron chi connectivity index (χ4n) is 1.24. The molecule has 0 saturated carbocycles. The zero-order valence-corrected chi connectivity index (χ0v) is 11.6. The Morgan fingerprint density at radius 1 is 1.29 bits per heavy atom. The minimum absolute atomic E-state index is 0.00609. The van der Waals surface area contributed by atoms with Crippen LogP contribution in [0.2, 0.25) is 0 Å². The number of ether oxygens (including phenoxy) is 1. The van der Waals surface area contributed by atoms with Gasteiger partial charge in [0, 0.05) is 25.6 Å². The van der Waals surface area contributed by atoms with Crippen molar-refractivity contribution in [1.82, 2.24) is 10.6 Å². The van der Waals surface area contributed by atoms with E-state index in [9.17, 15) is 4.79 Å².